The van der Waals surface area contributed by atoms with Crippen LogP contribution in [0.25, 0.3) is 0 Å². The zero-order chi connectivity index (χ0) is 20.8. The second-order valence-corrected chi connectivity index (χ2v) is 9.73. The standard InChI is InChI=1S/C21H30N4O4/c1-20(2,3)29-19(26)22-10-8-17(9-11-22)24-14-21(15-24)12-23(13-21)16-4-6-18(7-5-16)25(27)28/h4-7,17H,8-15H2,1-3H3. The van der Waals surface area contributed by atoms with Crippen LogP contribution < -0.4 is 4.90 Å². The molecule has 0 radical (unpaired) electrons. The predicted molar refractivity (Wildman–Crippen MR) is 110 cm³/mol. The lowest BCUT2D eigenvalue weighted by molar-refractivity contribution is -0.384. The van der Waals surface area contributed by atoms with Crippen LogP contribution in [0.3, 0.4) is 0 Å². The molecule has 1 amide bonds. The molecule has 8 nitrogen and oxygen atoms in total. The third-order valence-electron chi connectivity index (χ3n) is 6.19. The van der Waals surface area contributed by atoms with E-state index in [4.69, 9.17) is 4.74 Å². The Morgan fingerprint density at radius 3 is 2.21 bits per heavy atom. The fourth-order valence-electron chi connectivity index (χ4n) is 4.74. The van der Waals surface area contributed by atoms with Gasteiger partial charge in [-0.1, -0.05) is 0 Å². The van der Waals surface area contributed by atoms with E-state index in [0.29, 0.717) is 11.5 Å². The minimum Gasteiger partial charge on any atom is -0.444 e. The summed E-state index contributed by atoms with van der Waals surface area (Å²) in [5.41, 5.74) is 1.11. The van der Waals surface area contributed by atoms with Crippen molar-refractivity contribution in [3.8, 4) is 0 Å². The molecule has 1 spiro atoms. The molecule has 0 atom stereocenters. The summed E-state index contributed by atoms with van der Waals surface area (Å²) >= 11 is 0. The van der Waals surface area contributed by atoms with E-state index in [0.717, 1.165) is 57.8 Å². The van der Waals surface area contributed by atoms with Crippen LogP contribution in [-0.4, -0.2) is 71.7 Å². The Morgan fingerprint density at radius 2 is 1.69 bits per heavy atom. The van der Waals surface area contributed by atoms with Crippen LogP contribution in [-0.2, 0) is 4.74 Å². The van der Waals surface area contributed by atoms with Gasteiger partial charge in [0.25, 0.3) is 5.69 Å². The molecule has 3 heterocycles. The van der Waals surface area contributed by atoms with E-state index in [2.05, 4.69) is 9.80 Å². The van der Waals surface area contributed by atoms with E-state index in [-0.39, 0.29) is 16.7 Å². The molecule has 4 rings (SSSR count). The maximum atomic E-state index is 12.2. The highest BCUT2D eigenvalue weighted by Gasteiger charge is 2.53. The fourth-order valence-corrected chi connectivity index (χ4v) is 4.74. The first-order valence-corrected chi connectivity index (χ1v) is 10.4. The molecule has 158 valence electrons. The van der Waals surface area contributed by atoms with Crippen molar-refractivity contribution in [2.75, 3.05) is 44.2 Å². The first-order chi connectivity index (χ1) is 13.6. The molecule has 0 bridgehead atoms. The van der Waals surface area contributed by atoms with Crippen molar-refractivity contribution in [2.24, 2.45) is 5.41 Å². The van der Waals surface area contributed by atoms with Crippen LogP contribution in [0.2, 0.25) is 0 Å². The second kappa shape index (κ2) is 7.16. The highest BCUT2D eigenvalue weighted by Crippen LogP contribution is 2.43. The van der Waals surface area contributed by atoms with E-state index in [1.54, 1.807) is 12.1 Å². The number of piperidine rings is 1. The average Bonchev–Trinajstić information content (AvgIpc) is 2.59. The third kappa shape index (κ3) is 4.17. The molecular weight excluding hydrogens is 372 g/mol. The molecule has 1 aromatic rings. The summed E-state index contributed by atoms with van der Waals surface area (Å²) in [6.45, 7) is 11.5. The van der Waals surface area contributed by atoms with Gasteiger partial charge in [0.1, 0.15) is 5.60 Å². The Labute approximate surface area is 171 Å². The number of carbonyl (C=O) groups is 1. The molecule has 3 fully saturated rings. The summed E-state index contributed by atoms with van der Waals surface area (Å²) in [4.78, 5) is 29.3. The molecule has 0 saturated carbocycles. The topological polar surface area (TPSA) is 79.2 Å². The van der Waals surface area contributed by atoms with Gasteiger partial charge in [-0.05, 0) is 45.7 Å². The SMILES string of the molecule is CC(C)(C)OC(=O)N1CCC(N2CC3(CN(c4ccc([N+](=O)[O-])cc4)C3)C2)CC1. The number of hydrogen-bond acceptors (Lipinski definition) is 6. The lowest BCUT2D eigenvalue weighted by Gasteiger charge is -2.63. The Bertz CT molecular complexity index is 767. The minimum atomic E-state index is -0.447. The summed E-state index contributed by atoms with van der Waals surface area (Å²) < 4.78 is 5.48. The van der Waals surface area contributed by atoms with Gasteiger partial charge < -0.3 is 14.5 Å². The summed E-state index contributed by atoms with van der Waals surface area (Å²) in [5.74, 6) is 0. The Balaban J connectivity index is 1.21. The van der Waals surface area contributed by atoms with Crippen LogP contribution in [0, 0.1) is 15.5 Å². The van der Waals surface area contributed by atoms with Gasteiger partial charge in [-0.3, -0.25) is 15.0 Å². The van der Waals surface area contributed by atoms with Crippen LogP contribution in [0.1, 0.15) is 33.6 Å². The van der Waals surface area contributed by atoms with Gasteiger partial charge in [0.15, 0.2) is 0 Å². The van der Waals surface area contributed by atoms with Gasteiger partial charge in [-0.25, -0.2) is 4.79 Å². The summed E-state index contributed by atoms with van der Waals surface area (Å²) in [7, 11) is 0. The van der Waals surface area contributed by atoms with Crippen LogP contribution in [0.15, 0.2) is 24.3 Å². The number of benzene rings is 1. The summed E-state index contributed by atoms with van der Waals surface area (Å²) in [5, 5.41) is 10.8. The minimum absolute atomic E-state index is 0.136. The van der Waals surface area contributed by atoms with E-state index in [1.165, 1.54) is 0 Å². The molecule has 0 unspecified atom stereocenters. The fraction of sp³-hybridized carbons (Fsp3) is 0.667. The number of ether oxygens (including phenoxy) is 1. The van der Waals surface area contributed by atoms with Crippen molar-refractivity contribution in [3.05, 3.63) is 34.4 Å². The number of carbonyl (C=O) groups excluding carboxylic acids is 1. The molecular formula is C21H30N4O4. The zero-order valence-electron chi connectivity index (χ0n) is 17.5. The quantitative estimate of drug-likeness (QED) is 0.571. The van der Waals surface area contributed by atoms with Gasteiger partial charge in [0.2, 0.25) is 0 Å². The number of nitro groups is 1. The number of anilines is 1. The lowest BCUT2D eigenvalue weighted by Crippen LogP contribution is -2.74. The normalized spacial score (nSPS) is 22.2. The van der Waals surface area contributed by atoms with Crippen molar-refractivity contribution in [2.45, 2.75) is 45.3 Å². The number of amides is 1. The maximum absolute atomic E-state index is 12.2. The average molecular weight is 402 g/mol. The molecule has 0 aliphatic carbocycles. The first kappa shape index (κ1) is 19.9. The van der Waals surface area contributed by atoms with Gasteiger partial charge in [-0.2, -0.15) is 0 Å². The number of nitro benzene ring substituents is 1. The predicted octanol–water partition coefficient (Wildman–Crippen LogP) is 3.12. The van der Waals surface area contributed by atoms with Crippen LogP contribution in [0.5, 0.6) is 0 Å². The number of rotatable bonds is 3. The van der Waals surface area contributed by atoms with E-state index in [1.807, 2.05) is 37.8 Å². The Kier molecular flexibility index (Phi) is 4.93. The molecule has 3 saturated heterocycles. The van der Waals surface area contributed by atoms with Gasteiger partial charge in [0.05, 0.1) is 4.92 Å². The van der Waals surface area contributed by atoms with E-state index >= 15 is 0 Å². The highest BCUT2D eigenvalue weighted by molar-refractivity contribution is 5.68. The lowest BCUT2D eigenvalue weighted by atomic mass is 9.71. The number of hydrogen-bond donors (Lipinski definition) is 0. The smallest absolute Gasteiger partial charge is 0.410 e. The van der Waals surface area contributed by atoms with Gasteiger partial charge in [0, 0.05) is 68.5 Å². The van der Waals surface area contributed by atoms with Crippen molar-refractivity contribution in [1.29, 1.82) is 0 Å². The Morgan fingerprint density at radius 1 is 1.10 bits per heavy atom. The van der Waals surface area contributed by atoms with Crippen molar-refractivity contribution >= 4 is 17.5 Å². The molecule has 8 heteroatoms. The van der Waals surface area contributed by atoms with Gasteiger partial charge in [-0.15, -0.1) is 0 Å². The third-order valence-corrected chi connectivity index (χ3v) is 6.19. The molecule has 0 N–H and O–H groups in total. The van der Waals surface area contributed by atoms with Crippen LogP contribution in [0.4, 0.5) is 16.2 Å². The van der Waals surface area contributed by atoms with Crippen molar-refractivity contribution in [1.82, 2.24) is 9.80 Å². The Hall–Kier alpha value is -2.35. The van der Waals surface area contributed by atoms with Crippen molar-refractivity contribution < 1.29 is 14.5 Å². The molecule has 3 aliphatic rings. The van der Waals surface area contributed by atoms with Crippen LogP contribution >= 0.6 is 0 Å². The largest absolute Gasteiger partial charge is 0.444 e. The molecule has 0 aromatic heterocycles. The van der Waals surface area contributed by atoms with E-state index < -0.39 is 5.60 Å². The highest BCUT2D eigenvalue weighted by atomic mass is 16.6. The number of likely N-dealkylation sites (tertiary alicyclic amines) is 2. The molecule has 3 aliphatic heterocycles. The summed E-state index contributed by atoms with van der Waals surface area (Å²) in [6, 6.07) is 7.38. The van der Waals surface area contributed by atoms with Gasteiger partial charge >= 0.3 is 6.09 Å². The maximum Gasteiger partial charge on any atom is 0.410 e. The first-order valence-electron chi connectivity index (χ1n) is 10.4. The molecule has 29 heavy (non-hydrogen) atoms. The zero-order valence-corrected chi connectivity index (χ0v) is 17.5. The summed E-state index contributed by atoms with van der Waals surface area (Å²) in [6.07, 6.45) is 1.80. The second-order valence-electron chi connectivity index (χ2n) is 9.73. The monoisotopic (exact) mass is 402 g/mol. The molecule has 1 aromatic carbocycles. The van der Waals surface area contributed by atoms with E-state index in [9.17, 15) is 14.9 Å². The number of non-ortho nitro benzene ring substituents is 1. The van der Waals surface area contributed by atoms with Crippen molar-refractivity contribution in [3.63, 3.8) is 0 Å². The number of nitrogens with zero attached hydrogens (tertiary/aromatic N) is 4.